The van der Waals surface area contributed by atoms with E-state index in [1.807, 2.05) is 7.85 Å². The Kier molecular flexibility index (Phi) is 2.18. The van der Waals surface area contributed by atoms with E-state index in [-0.39, 0.29) is 0 Å². The lowest BCUT2D eigenvalue weighted by Gasteiger charge is -2.02. The molecule has 0 aromatic carbocycles. The molecule has 0 aromatic heterocycles. The van der Waals surface area contributed by atoms with E-state index in [1.165, 1.54) is 0 Å². The summed E-state index contributed by atoms with van der Waals surface area (Å²) in [6.07, 6.45) is 0. The van der Waals surface area contributed by atoms with Gasteiger partial charge in [-0.3, -0.25) is 0 Å². The third kappa shape index (κ3) is 5.84. The zero-order valence-electron chi connectivity index (χ0n) is 5.50. The van der Waals surface area contributed by atoms with Crippen molar-refractivity contribution in [1.29, 1.82) is 0 Å². The molecule has 7 heavy (non-hydrogen) atoms. The van der Waals surface area contributed by atoms with Crippen molar-refractivity contribution in [2.75, 3.05) is 0 Å². The quantitative estimate of drug-likeness (QED) is 0.314. The molecule has 0 aliphatic carbocycles. The van der Waals surface area contributed by atoms with Gasteiger partial charge in [0.05, 0.1) is 0 Å². The van der Waals surface area contributed by atoms with Gasteiger partial charge in [0, 0.05) is 0 Å². The second kappa shape index (κ2) is 2.23. The molecule has 0 aliphatic heterocycles. The van der Waals surface area contributed by atoms with Crippen LogP contribution < -0.4 is 0 Å². The van der Waals surface area contributed by atoms with Crippen molar-refractivity contribution >= 4 is 15.9 Å². The van der Waals surface area contributed by atoms with Crippen molar-refractivity contribution in [3.8, 4) is 11.4 Å². The molecule has 0 atom stereocenters. The second-order valence-electron chi connectivity index (χ2n) is 2.62. The highest BCUT2D eigenvalue weighted by Crippen LogP contribution is 1.94. The molecule has 0 nitrogen and oxygen atoms in total. The van der Waals surface area contributed by atoms with Crippen LogP contribution in [0.2, 0.25) is 19.6 Å². The third-order valence-corrected chi connectivity index (χ3v) is 1.50. The van der Waals surface area contributed by atoms with Crippen molar-refractivity contribution in [3.05, 3.63) is 0 Å². The molecule has 0 radical (unpaired) electrons. The van der Waals surface area contributed by atoms with E-state index in [9.17, 15) is 0 Å². The molecular formula is C5H11BSi. The topological polar surface area (TPSA) is 0 Å². The summed E-state index contributed by atoms with van der Waals surface area (Å²) in [5.74, 6) is 2.92. The fraction of sp³-hybridized carbons (Fsp3) is 0.600. The van der Waals surface area contributed by atoms with Gasteiger partial charge in [0.1, 0.15) is 8.07 Å². The van der Waals surface area contributed by atoms with E-state index in [4.69, 9.17) is 0 Å². The minimum atomic E-state index is -1.02. The molecular weight excluding hydrogens is 99.0 g/mol. The fourth-order valence-corrected chi connectivity index (χ4v) is 1.12. The highest BCUT2D eigenvalue weighted by Gasteiger charge is 2.05. The van der Waals surface area contributed by atoms with E-state index >= 15 is 0 Å². The summed E-state index contributed by atoms with van der Waals surface area (Å²) in [5, 5.41) is 0. The molecule has 0 saturated heterocycles. The first kappa shape index (κ1) is 6.84. The Balaban J connectivity index is 3.72. The second-order valence-corrected chi connectivity index (χ2v) is 7.38. The van der Waals surface area contributed by atoms with Gasteiger partial charge >= 0.3 is 0 Å². The number of hydrogen-bond acceptors (Lipinski definition) is 0. The van der Waals surface area contributed by atoms with Gasteiger partial charge in [-0.05, 0) is 0 Å². The predicted octanol–water partition coefficient (Wildman–Crippen LogP) is 0.458. The smallest absolute Gasteiger partial charge is 0.172 e. The van der Waals surface area contributed by atoms with Crippen LogP contribution in [-0.2, 0) is 0 Å². The molecule has 0 aromatic rings. The molecule has 0 bridgehead atoms. The van der Waals surface area contributed by atoms with Gasteiger partial charge < -0.3 is 0 Å². The summed E-state index contributed by atoms with van der Waals surface area (Å²) in [4.78, 5) is 0. The number of rotatable bonds is 0. The minimum Gasteiger partial charge on any atom is -0.172 e. The van der Waals surface area contributed by atoms with Crippen LogP contribution >= 0.6 is 0 Å². The SMILES string of the molecule is BC#C[Si](C)(C)C. The maximum atomic E-state index is 3.17. The summed E-state index contributed by atoms with van der Waals surface area (Å²) in [7, 11) is 0.883. The summed E-state index contributed by atoms with van der Waals surface area (Å²) in [6.45, 7) is 6.72. The van der Waals surface area contributed by atoms with Crippen LogP contribution in [0, 0.1) is 11.4 Å². The molecule has 0 amide bonds. The van der Waals surface area contributed by atoms with Crippen molar-refractivity contribution in [3.63, 3.8) is 0 Å². The van der Waals surface area contributed by atoms with E-state index in [2.05, 4.69) is 31.0 Å². The van der Waals surface area contributed by atoms with Crippen molar-refractivity contribution in [1.82, 2.24) is 0 Å². The molecule has 0 heterocycles. The van der Waals surface area contributed by atoms with Gasteiger partial charge in [0.25, 0.3) is 0 Å². The minimum absolute atomic E-state index is 1.02. The van der Waals surface area contributed by atoms with Crippen molar-refractivity contribution < 1.29 is 0 Å². The summed E-state index contributed by atoms with van der Waals surface area (Å²) < 4.78 is 0. The Hall–Kier alpha value is -0.158. The van der Waals surface area contributed by atoms with Gasteiger partial charge in [-0.15, -0.1) is 5.54 Å². The van der Waals surface area contributed by atoms with Crippen molar-refractivity contribution in [2.45, 2.75) is 19.6 Å². The summed E-state index contributed by atoms with van der Waals surface area (Å²) >= 11 is 0. The Morgan fingerprint density at radius 2 is 1.71 bits per heavy atom. The average Bonchev–Trinajstić information content (AvgIpc) is 1.30. The lowest BCUT2D eigenvalue weighted by molar-refractivity contribution is 1.82. The third-order valence-electron chi connectivity index (χ3n) is 0.500. The van der Waals surface area contributed by atoms with Gasteiger partial charge in [0.15, 0.2) is 7.85 Å². The molecule has 0 rings (SSSR count). The van der Waals surface area contributed by atoms with Crippen LogP contribution in [0.3, 0.4) is 0 Å². The largest absolute Gasteiger partial charge is 0.194 e. The van der Waals surface area contributed by atoms with Gasteiger partial charge in [-0.2, -0.15) is 5.82 Å². The standard InChI is InChI=1S/C5H11BSi/c1-7(2,3)5-4-6/h6H2,1-3H3. The highest BCUT2D eigenvalue weighted by atomic mass is 28.3. The molecule has 0 fully saturated rings. The van der Waals surface area contributed by atoms with Crippen molar-refractivity contribution in [2.24, 2.45) is 0 Å². The summed E-state index contributed by atoms with van der Waals surface area (Å²) in [6, 6.07) is 0. The Bertz CT molecular complexity index is 101. The molecule has 38 valence electrons. The lowest BCUT2D eigenvalue weighted by atomic mass is 10.2. The van der Waals surface area contributed by atoms with Gasteiger partial charge in [-0.1, -0.05) is 19.6 Å². The Morgan fingerprint density at radius 1 is 1.29 bits per heavy atom. The highest BCUT2D eigenvalue weighted by molar-refractivity contribution is 6.84. The Morgan fingerprint density at radius 3 is 1.71 bits per heavy atom. The molecule has 0 spiro atoms. The van der Waals surface area contributed by atoms with Crippen LogP contribution in [0.15, 0.2) is 0 Å². The fourth-order valence-electron chi connectivity index (χ4n) is 0.375. The Labute approximate surface area is 47.7 Å². The normalized spacial score (nSPS) is 9.57. The van der Waals surface area contributed by atoms with Crippen LogP contribution in [0.4, 0.5) is 0 Å². The van der Waals surface area contributed by atoms with E-state index in [1.54, 1.807) is 0 Å². The predicted molar refractivity (Wildman–Crippen MR) is 39.7 cm³/mol. The maximum Gasteiger partial charge on any atom is 0.194 e. The number of hydrogen-bond donors (Lipinski definition) is 0. The van der Waals surface area contributed by atoms with E-state index in [0.717, 1.165) is 0 Å². The first-order valence-corrected chi connectivity index (χ1v) is 6.00. The zero-order chi connectivity index (χ0) is 5.91. The van der Waals surface area contributed by atoms with E-state index < -0.39 is 8.07 Å². The van der Waals surface area contributed by atoms with Crippen LogP contribution in [-0.4, -0.2) is 15.9 Å². The molecule has 0 aliphatic rings. The van der Waals surface area contributed by atoms with E-state index in [0.29, 0.717) is 0 Å². The van der Waals surface area contributed by atoms with Crippen LogP contribution in [0.1, 0.15) is 0 Å². The maximum absolute atomic E-state index is 3.17. The molecule has 2 heteroatoms. The average molecular weight is 110 g/mol. The van der Waals surface area contributed by atoms with Crippen LogP contribution in [0.25, 0.3) is 0 Å². The first-order chi connectivity index (χ1) is 3.06. The van der Waals surface area contributed by atoms with Gasteiger partial charge in [0.2, 0.25) is 0 Å². The molecule has 0 N–H and O–H groups in total. The summed E-state index contributed by atoms with van der Waals surface area (Å²) in [5.41, 5.74) is 3.17. The molecule has 0 saturated carbocycles. The van der Waals surface area contributed by atoms with Crippen LogP contribution in [0.5, 0.6) is 0 Å². The van der Waals surface area contributed by atoms with Gasteiger partial charge in [-0.25, -0.2) is 0 Å². The zero-order valence-corrected chi connectivity index (χ0v) is 6.50. The molecule has 0 unspecified atom stereocenters. The monoisotopic (exact) mass is 110 g/mol. The first-order valence-electron chi connectivity index (χ1n) is 2.50. The lowest BCUT2D eigenvalue weighted by Crippen LogP contribution is -2.16.